The van der Waals surface area contributed by atoms with Gasteiger partial charge in [-0.25, -0.2) is 9.37 Å². The maximum atomic E-state index is 13.1. The van der Waals surface area contributed by atoms with Crippen LogP contribution in [0.15, 0.2) is 12.3 Å². The highest BCUT2D eigenvalue weighted by molar-refractivity contribution is 5.30. The second kappa shape index (κ2) is 4.14. The van der Waals surface area contributed by atoms with E-state index < -0.39 is 0 Å². The Morgan fingerprint density at radius 1 is 1.60 bits per heavy atom. The molecule has 1 aromatic rings. The fourth-order valence-corrected chi connectivity index (χ4v) is 2.15. The number of likely N-dealkylation sites (tertiary alicyclic amines) is 1. The Morgan fingerprint density at radius 3 is 3.00 bits per heavy atom. The van der Waals surface area contributed by atoms with E-state index in [1.165, 1.54) is 12.3 Å². The van der Waals surface area contributed by atoms with E-state index in [-0.39, 0.29) is 11.9 Å². The van der Waals surface area contributed by atoms with Gasteiger partial charge in [0.05, 0.1) is 13.3 Å². The van der Waals surface area contributed by atoms with Crippen LogP contribution in [0.4, 0.5) is 4.39 Å². The Balaban J connectivity index is 2.36. The van der Waals surface area contributed by atoms with Gasteiger partial charge in [0, 0.05) is 11.6 Å². The molecule has 0 N–H and O–H groups in total. The molecular formula is C11H15FN2O. The average Bonchev–Trinajstić information content (AvgIpc) is 2.64. The van der Waals surface area contributed by atoms with Gasteiger partial charge in [-0.05, 0) is 32.5 Å². The number of pyridine rings is 1. The van der Waals surface area contributed by atoms with E-state index >= 15 is 0 Å². The van der Waals surface area contributed by atoms with Crippen LogP contribution in [0.3, 0.4) is 0 Å². The molecule has 0 bridgehead atoms. The molecule has 1 aliphatic rings. The first-order valence-electron chi connectivity index (χ1n) is 5.12. The van der Waals surface area contributed by atoms with Gasteiger partial charge in [0.2, 0.25) is 5.88 Å². The summed E-state index contributed by atoms with van der Waals surface area (Å²) in [5.74, 6) is 0.237. The molecule has 0 spiro atoms. The minimum atomic E-state index is -0.300. The first-order chi connectivity index (χ1) is 7.22. The second-order valence-electron chi connectivity index (χ2n) is 3.89. The number of ether oxygens (including phenoxy) is 1. The number of hydrogen-bond acceptors (Lipinski definition) is 3. The Kier molecular flexibility index (Phi) is 2.86. The molecule has 0 amide bonds. The van der Waals surface area contributed by atoms with Crippen LogP contribution >= 0.6 is 0 Å². The minimum Gasteiger partial charge on any atom is -0.481 e. The average molecular weight is 210 g/mol. The van der Waals surface area contributed by atoms with Crippen molar-refractivity contribution in [1.82, 2.24) is 9.88 Å². The Bertz CT molecular complexity index is 356. The molecule has 0 radical (unpaired) electrons. The van der Waals surface area contributed by atoms with Crippen molar-refractivity contribution in [2.45, 2.75) is 18.9 Å². The van der Waals surface area contributed by atoms with Crippen LogP contribution in [-0.2, 0) is 0 Å². The van der Waals surface area contributed by atoms with Gasteiger partial charge in [0.25, 0.3) is 0 Å². The van der Waals surface area contributed by atoms with Crippen molar-refractivity contribution in [1.29, 1.82) is 0 Å². The smallest absolute Gasteiger partial charge is 0.218 e. The fraction of sp³-hybridized carbons (Fsp3) is 0.545. The summed E-state index contributed by atoms with van der Waals surface area (Å²) in [6.07, 6.45) is 3.37. The van der Waals surface area contributed by atoms with Crippen molar-refractivity contribution >= 4 is 0 Å². The van der Waals surface area contributed by atoms with E-state index in [1.54, 1.807) is 7.11 Å². The molecule has 0 saturated carbocycles. The maximum absolute atomic E-state index is 13.1. The normalized spacial score (nSPS) is 21.9. The van der Waals surface area contributed by atoms with E-state index in [0.717, 1.165) is 24.9 Å². The molecule has 1 atom stereocenters. The van der Waals surface area contributed by atoms with Crippen LogP contribution in [0, 0.1) is 5.82 Å². The van der Waals surface area contributed by atoms with Crippen LogP contribution in [0.1, 0.15) is 24.4 Å². The summed E-state index contributed by atoms with van der Waals surface area (Å²) >= 11 is 0. The predicted molar refractivity (Wildman–Crippen MR) is 55.4 cm³/mol. The minimum absolute atomic E-state index is 0.239. The Morgan fingerprint density at radius 2 is 2.40 bits per heavy atom. The zero-order chi connectivity index (χ0) is 10.8. The van der Waals surface area contributed by atoms with Gasteiger partial charge < -0.3 is 4.74 Å². The van der Waals surface area contributed by atoms with Crippen molar-refractivity contribution in [3.63, 3.8) is 0 Å². The van der Waals surface area contributed by atoms with Gasteiger partial charge in [-0.15, -0.1) is 0 Å². The SMILES string of the molecule is COc1ncc(F)cc1C1CCCN1C. The molecule has 3 nitrogen and oxygen atoms in total. The van der Waals surface area contributed by atoms with Crippen molar-refractivity contribution in [2.75, 3.05) is 20.7 Å². The maximum Gasteiger partial charge on any atom is 0.218 e. The highest BCUT2D eigenvalue weighted by atomic mass is 19.1. The zero-order valence-corrected chi connectivity index (χ0v) is 9.03. The summed E-state index contributed by atoms with van der Waals surface area (Å²) < 4.78 is 18.3. The molecule has 15 heavy (non-hydrogen) atoms. The third-order valence-electron chi connectivity index (χ3n) is 2.92. The number of rotatable bonds is 2. The predicted octanol–water partition coefficient (Wildman–Crippen LogP) is 2.00. The van der Waals surface area contributed by atoms with Gasteiger partial charge in [-0.3, -0.25) is 4.90 Å². The number of halogens is 1. The summed E-state index contributed by atoms with van der Waals surface area (Å²) in [7, 11) is 3.61. The highest BCUT2D eigenvalue weighted by Crippen LogP contribution is 2.34. The van der Waals surface area contributed by atoms with E-state index in [1.807, 2.05) is 7.05 Å². The lowest BCUT2D eigenvalue weighted by Crippen LogP contribution is -2.18. The number of nitrogens with zero attached hydrogens (tertiary/aromatic N) is 2. The molecule has 1 fully saturated rings. The molecule has 4 heteroatoms. The standard InChI is InChI=1S/C11H15FN2O/c1-14-5-3-4-10(14)9-6-8(12)7-13-11(9)15-2/h6-7,10H,3-5H2,1-2H3. The quantitative estimate of drug-likeness (QED) is 0.746. The fourth-order valence-electron chi connectivity index (χ4n) is 2.15. The summed E-state index contributed by atoms with van der Waals surface area (Å²) in [6.45, 7) is 1.05. The van der Waals surface area contributed by atoms with E-state index in [9.17, 15) is 4.39 Å². The van der Waals surface area contributed by atoms with Gasteiger partial charge >= 0.3 is 0 Å². The highest BCUT2D eigenvalue weighted by Gasteiger charge is 2.26. The molecule has 1 unspecified atom stereocenters. The van der Waals surface area contributed by atoms with Gasteiger partial charge in [0.15, 0.2) is 0 Å². The van der Waals surface area contributed by atoms with Crippen molar-refractivity contribution in [3.05, 3.63) is 23.6 Å². The van der Waals surface area contributed by atoms with Crippen LogP contribution in [0.25, 0.3) is 0 Å². The topological polar surface area (TPSA) is 25.4 Å². The first kappa shape index (κ1) is 10.4. The molecule has 0 aliphatic carbocycles. The molecule has 0 aromatic carbocycles. The first-order valence-corrected chi connectivity index (χ1v) is 5.12. The molecule has 2 rings (SSSR count). The van der Waals surface area contributed by atoms with Crippen molar-refractivity contribution in [3.8, 4) is 5.88 Å². The number of methoxy groups -OCH3 is 1. The molecule has 2 heterocycles. The van der Waals surface area contributed by atoms with E-state index in [2.05, 4.69) is 9.88 Å². The lowest BCUT2D eigenvalue weighted by atomic mass is 10.1. The molecule has 1 saturated heterocycles. The van der Waals surface area contributed by atoms with Crippen molar-refractivity contribution < 1.29 is 9.13 Å². The number of aromatic nitrogens is 1. The third kappa shape index (κ3) is 1.95. The molecule has 82 valence electrons. The molecule has 1 aliphatic heterocycles. The Hall–Kier alpha value is -1.16. The summed E-state index contributed by atoms with van der Waals surface area (Å²) in [5, 5.41) is 0. The van der Waals surface area contributed by atoms with E-state index in [0.29, 0.717) is 5.88 Å². The largest absolute Gasteiger partial charge is 0.481 e. The van der Waals surface area contributed by atoms with Crippen LogP contribution in [-0.4, -0.2) is 30.6 Å². The third-order valence-corrected chi connectivity index (χ3v) is 2.92. The van der Waals surface area contributed by atoms with Gasteiger partial charge in [-0.2, -0.15) is 0 Å². The van der Waals surface area contributed by atoms with Crippen LogP contribution in [0.5, 0.6) is 5.88 Å². The summed E-state index contributed by atoms with van der Waals surface area (Å²) in [5.41, 5.74) is 0.859. The lowest BCUT2D eigenvalue weighted by molar-refractivity contribution is 0.300. The zero-order valence-electron chi connectivity index (χ0n) is 9.03. The van der Waals surface area contributed by atoms with Crippen LogP contribution in [0.2, 0.25) is 0 Å². The Labute approximate surface area is 88.9 Å². The van der Waals surface area contributed by atoms with Gasteiger partial charge in [-0.1, -0.05) is 0 Å². The van der Waals surface area contributed by atoms with Crippen molar-refractivity contribution in [2.24, 2.45) is 0 Å². The molecule has 1 aromatic heterocycles. The summed E-state index contributed by atoms with van der Waals surface area (Å²) in [4.78, 5) is 6.16. The number of hydrogen-bond donors (Lipinski definition) is 0. The molecular weight excluding hydrogens is 195 g/mol. The monoisotopic (exact) mass is 210 g/mol. The second-order valence-corrected chi connectivity index (χ2v) is 3.89. The van der Waals surface area contributed by atoms with Crippen LogP contribution < -0.4 is 4.74 Å². The lowest BCUT2D eigenvalue weighted by Gasteiger charge is -2.21. The summed E-state index contributed by atoms with van der Waals surface area (Å²) in [6, 6.07) is 1.77. The van der Waals surface area contributed by atoms with E-state index in [4.69, 9.17) is 4.74 Å². The van der Waals surface area contributed by atoms with Gasteiger partial charge in [0.1, 0.15) is 5.82 Å².